The van der Waals surface area contributed by atoms with Crippen LogP contribution in [0.4, 0.5) is 18.9 Å². The van der Waals surface area contributed by atoms with Crippen molar-refractivity contribution in [2.24, 2.45) is 5.73 Å². The van der Waals surface area contributed by atoms with Crippen molar-refractivity contribution in [1.82, 2.24) is 14.8 Å². The van der Waals surface area contributed by atoms with Gasteiger partial charge >= 0.3 is 6.18 Å². The highest BCUT2D eigenvalue weighted by Crippen LogP contribution is 2.39. The van der Waals surface area contributed by atoms with Crippen molar-refractivity contribution in [2.45, 2.75) is 19.8 Å². The molecule has 148 valence electrons. The number of anilines is 1. The van der Waals surface area contributed by atoms with Crippen LogP contribution in [0.1, 0.15) is 31.4 Å². The molecule has 0 fully saturated rings. The summed E-state index contributed by atoms with van der Waals surface area (Å²) in [6, 6.07) is 2.28. The Kier molecular flexibility index (Phi) is 5.08. The lowest BCUT2D eigenvalue weighted by molar-refractivity contribution is -0.141. The number of hydrogen-bond acceptors (Lipinski definition) is 6. The van der Waals surface area contributed by atoms with Gasteiger partial charge in [0.1, 0.15) is 22.1 Å². The number of carbonyl (C=O) groups is 2. The van der Waals surface area contributed by atoms with E-state index >= 15 is 0 Å². The van der Waals surface area contributed by atoms with Crippen molar-refractivity contribution in [2.75, 3.05) is 12.4 Å². The van der Waals surface area contributed by atoms with E-state index in [1.165, 1.54) is 31.0 Å². The van der Waals surface area contributed by atoms with Crippen LogP contribution in [0, 0.1) is 6.92 Å². The van der Waals surface area contributed by atoms with E-state index in [1.54, 1.807) is 0 Å². The van der Waals surface area contributed by atoms with E-state index < -0.39 is 23.7 Å². The first kappa shape index (κ1) is 19.8. The number of pyridine rings is 1. The molecule has 0 saturated heterocycles. The predicted octanol–water partition coefficient (Wildman–Crippen LogP) is 2.78. The Labute approximate surface area is 160 Å². The van der Waals surface area contributed by atoms with E-state index in [1.807, 2.05) is 0 Å². The van der Waals surface area contributed by atoms with Gasteiger partial charge in [0.15, 0.2) is 5.69 Å². The van der Waals surface area contributed by atoms with Gasteiger partial charge in [-0.05, 0) is 24.6 Å². The third-order valence-corrected chi connectivity index (χ3v) is 4.84. The number of rotatable bonds is 5. The van der Waals surface area contributed by atoms with Crippen LogP contribution in [0.5, 0.6) is 0 Å². The van der Waals surface area contributed by atoms with E-state index in [4.69, 9.17) is 10.5 Å². The first-order valence-electron chi connectivity index (χ1n) is 7.76. The molecule has 8 nitrogen and oxygen atoms in total. The lowest BCUT2D eigenvalue weighted by atomic mass is 10.1. The van der Waals surface area contributed by atoms with Crippen LogP contribution in [0.2, 0.25) is 0 Å². The molecule has 0 aromatic carbocycles. The maximum atomic E-state index is 13.0. The number of carbonyl (C=O) groups excluding carboxylic acids is 2. The Morgan fingerprint density at radius 1 is 1.39 bits per heavy atom. The zero-order valence-electron chi connectivity index (χ0n) is 14.6. The highest BCUT2D eigenvalue weighted by atomic mass is 32.1. The summed E-state index contributed by atoms with van der Waals surface area (Å²) >= 11 is 0.681. The molecule has 3 aromatic heterocycles. The van der Waals surface area contributed by atoms with Gasteiger partial charge in [-0.15, -0.1) is 11.3 Å². The Hall–Kier alpha value is -2.99. The van der Waals surface area contributed by atoms with Gasteiger partial charge in [-0.25, -0.2) is 9.67 Å². The second kappa shape index (κ2) is 7.20. The number of nitrogens with one attached hydrogen (secondary N) is 1. The van der Waals surface area contributed by atoms with Gasteiger partial charge in [-0.2, -0.15) is 18.3 Å². The quantitative estimate of drug-likeness (QED) is 0.668. The number of halogens is 3. The fourth-order valence-corrected chi connectivity index (χ4v) is 3.64. The summed E-state index contributed by atoms with van der Waals surface area (Å²) in [5, 5.41) is 6.74. The fraction of sp³-hybridized carbons (Fsp3) is 0.250. The third-order valence-electron chi connectivity index (χ3n) is 3.75. The molecule has 12 heteroatoms. The highest BCUT2D eigenvalue weighted by Gasteiger charge is 2.34. The van der Waals surface area contributed by atoms with E-state index in [9.17, 15) is 22.8 Å². The molecule has 0 bridgehead atoms. The van der Waals surface area contributed by atoms with E-state index in [0.717, 1.165) is 6.07 Å². The molecule has 28 heavy (non-hydrogen) atoms. The summed E-state index contributed by atoms with van der Waals surface area (Å²) in [7, 11) is 1.46. The van der Waals surface area contributed by atoms with Gasteiger partial charge in [0, 0.05) is 18.7 Å². The number of ether oxygens (including phenoxy) is 1. The maximum absolute atomic E-state index is 13.0. The summed E-state index contributed by atoms with van der Waals surface area (Å²) in [5.74, 6) is -1.55. The van der Waals surface area contributed by atoms with Gasteiger partial charge in [-0.3, -0.25) is 9.59 Å². The Balaban J connectivity index is 2.07. The van der Waals surface area contributed by atoms with Crippen molar-refractivity contribution >= 4 is 39.1 Å². The minimum Gasteiger partial charge on any atom is -0.365 e. The van der Waals surface area contributed by atoms with Gasteiger partial charge in [0.05, 0.1) is 5.69 Å². The minimum absolute atomic E-state index is 0.0116. The molecule has 3 N–H and O–H groups in total. The number of methoxy groups -OCH3 is 1. The summed E-state index contributed by atoms with van der Waals surface area (Å²) in [6.07, 6.45) is -3.13. The number of thiophene rings is 1. The SMILES string of the molecule is COCn1ccc(C(=O)Nc2c(C(N)=O)sc3nc(C(F)(F)F)cc(C)c23)n1. The van der Waals surface area contributed by atoms with Crippen LogP contribution in [-0.2, 0) is 17.6 Å². The molecular weight excluding hydrogens is 399 g/mol. The van der Waals surface area contributed by atoms with Gasteiger partial charge in [0.25, 0.3) is 11.8 Å². The van der Waals surface area contributed by atoms with Crippen LogP contribution >= 0.6 is 11.3 Å². The fourth-order valence-electron chi connectivity index (χ4n) is 2.59. The number of nitrogens with two attached hydrogens (primary N) is 1. The maximum Gasteiger partial charge on any atom is 0.433 e. The van der Waals surface area contributed by atoms with Crippen molar-refractivity contribution in [3.05, 3.63) is 40.2 Å². The van der Waals surface area contributed by atoms with Crippen LogP contribution < -0.4 is 11.1 Å². The van der Waals surface area contributed by atoms with Crippen LogP contribution in [0.3, 0.4) is 0 Å². The molecule has 0 saturated carbocycles. The summed E-state index contributed by atoms with van der Waals surface area (Å²) in [4.78, 5) is 27.7. The topological polar surface area (TPSA) is 112 Å². The Bertz CT molecular complexity index is 1070. The third kappa shape index (κ3) is 3.68. The lowest BCUT2D eigenvalue weighted by Crippen LogP contribution is -2.17. The van der Waals surface area contributed by atoms with Crippen molar-refractivity contribution in [1.29, 1.82) is 0 Å². The molecule has 0 spiro atoms. The number of primary amides is 1. The molecule has 3 rings (SSSR count). The average molecular weight is 413 g/mol. The number of nitrogens with zero attached hydrogens (tertiary/aromatic N) is 3. The lowest BCUT2D eigenvalue weighted by Gasteiger charge is -2.09. The normalized spacial score (nSPS) is 11.8. The smallest absolute Gasteiger partial charge is 0.365 e. The van der Waals surface area contributed by atoms with Crippen molar-refractivity contribution in [3.8, 4) is 0 Å². The zero-order chi connectivity index (χ0) is 20.6. The Morgan fingerprint density at radius 2 is 2.11 bits per heavy atom. The number of fused-ring (bicyclic) bond motifs is 1. The summed E-state index contributed by atoms with van der Waals surface area (Å²) in [5.41, 5.74) is 4.49. The Morgan fingerprint density at radius 3 is 2.71 bits per heavy atom. The second-order valence-corrected chi connectivity index (χ2v) is 6.78. The van der Waals surface area contributed by atoms with E-state index in [2.05, 4.69) is 15.4 Å². The molecule has 0 aliphatic carbocycles. The molecule has 0 aliphatic heterocycles. The molecule has 0 unspecified atom stereocenters. The highest BCUT2D eigenvalue weighted by molar-refractivity contribution is 7.21. The predicted molar refractivity (Wildman–Crippen MR) is 95.1 cm³/mol. The molecule has 3 aromatic rings. The standard InChI is InChI=1S/C16H14F3N5O3S/c1-7-5-9(16(17,18)19)21-15-10(7)11(12(28-15)13(20)25)22-14(26)8-3-4-24(23-8)6-27-2/h3-5H,6H2,1-2H3,(H2,20,25)(H,22,26). The van der Waals surface area contributed by atoms with Gasteiger partial charge in [-0.1, -0.05) is 0 Å². The van der Waals surface area contributed by atoms with Crippen molar-refractivity contribution < 1.29 is 27.5 Å². The van der Waals surface area contributed by atoms with Crippen LogP contribution in [0.25, 0.3) is 10.2 Å². The molecule has 2 amide bonds. The van der Waals surface area contributed by atoms with Crippen molar-refractivity contribution in [3.63, 3.8) is 0 Å². The zero-order valence-corrected chi connectivity index (χ0v) is 15.4. The molecule has 0 aliphatic rings. The van der Waals surface area contributed by atoms with E-state index in [0.29, 0.717) is 11.3 Å². The van der Waals surface area contributed by atoms with Crippen LogP contribution in [0.15, 0.2) is 18.3 Å². The number of aryl methyl sites for hydroxylation is 1. The van der Waals surface area contributed by atoms with Gasteiger partial charge in [0.2, 0.25) is 0 Å². The second-order valence-electron chi connectivity index (χ2n) is 5.79. The average Bonchev–Trinajstić information content (AvgIpc) is 3.19. The summed E-state index contributed by atoms with van der Waals surface area (Å²) < 4.78 is 45.3. The number of alkyl halides is 3. The molecule has 3 heterocycles. The minimum atomic E-state index is -4.65. The molecule has 0 radical (unpaired) electrons. The first-order valence-corrected chi connectivity index (χ1v) is 8.58. The monoisotopic (exact) mass is 413 g/mol. The first-order chi connectivity index (χ1) is 13.1. The molecule has 0 atom stereocenters. The summed E-state index contributed by atoms with van der Waals surface area (Å²) in [6.45, 7) is 1.56. The number of hydrogen-bond donors (Lipinski definition) is 2. The molecular formula is C16H14F3N5O3S. The van der Waals surface area contributed by atoms with Gasteiger partial charge < -0.3 is 15.8 Å². The number of amides is 2. The number of aromatic nitrogens is 3. The largest absolute Gasteiger partial charge is 0.433 e. The van der Waals surface area contributed by atoms with Crippen LogP contribution in [-0.4, -0.2) is 33.7 Å². The van der Waals surface area contributed by atoms with E-state index in [-0.39, 0.29) is 38.8 Å².